The first kappa shape index (κ1) is 12.8. The van der Waals surface area contributed by atoms with Crippen molar-refractivity contribution in [2.75, 3.05) is 0 Å². The maximum Gasteiger partial charge on any atom is 0.0702 e. The van der Waals surface area contributed by atoms with Gasteiger partial charge in [-0.25, -0.2) is 0 Å². The summed E-state index contributed by atoms with van der Waals surface area (Å²) < 4.78 is 1.82. The Balaban J connectivity index is 1.72. The third-order valence-corrected chi connectivity index (χ3v) is 3.86. The lowest BCUT2D eigenvalue weighted by Crippen LogP contribution is -1.84. The number of aryl methyl sites for hydroxylation is 1. The highest BCUT2D eigenvalue weighted by atomic mass is 15.2. The summed E-state index contributed by atoms with van der Waals surface area (Å²) in [5.74, 6) is 0. The van der Waals surface area contributed by atoms with Crippen LogP contribution in [0.5, 0.6) is 0 Å². The summed E-state index contributed by atoms with van der Waals surface area (Å²) >= 11 is 0. The van der Waals surface area contributed by atoms with Crippen LogP contribution in [0.15, 0.2) is 73.2 Å². The molecule has 0 aliphatic rings. The van der Waals surface area contributed by atoms with Crippen LogP contribution in [-0.2, 0) is 7.05 Å². The number of benzene rings is 2. The van der Waals surface area contributed by atoms with E-state index in [1.807, 2.05) is 36.4 Å². The zero-order valence-electron chi connectivity index (χ0n) is 12.3. The maximum absolute atomic E-state index is 4.36. The van der Waals surface area contributed by atoms with Crippen molar-refractivity contribution in [3.63, 3.8) is 0 Å². The van der Waals surface area contributed by atoms with Crippen LogP contribution in [0.3, 0.4) is 0 Å². The Kier molecular flexibility index (Phi) is 2.97. The van der Waals surface area contributed by atoms with Crippen LogP contribution in [-0.4, -0.2) is 14.8 Å². The molecule has 22 heavy (non-hydrogen) atoms. The highest BCUT2D eigenvalue weighted by Crippen LogP contribution is 2.26. The number of hydrogen-bond acceptors (Lipinski definition) is 2. The average molecular weight is 285 g/mol. The molecule has 0 radical (unpaired) electrons. The molecule has 2 aromatic carbocycles. The SMILES string of the molecule is Cn1cc(-c2ccc(-c3ccc4ncccc4c3)cc2)cn1. The van der Waals surface area contributed by atoms with Crippen LogP contribution in [0.2, 0.25) is 0 Å². The fourth-order valence-corrected chi connectivity index (χ4v) is 2.68. The molecule has 0 spiro atoms. The van der Waals surface area contributed by atoms with Crippen LogP contribution in [0.25, 0.3) is 33.2 Å². The zero-order valence-corrected chi connectivity index (χ0v) is 12.3. The summed E-state index contributed by atoms with van der Waals surface area (Å²) in [6, 6.07) is 19.0. The highest BCUT2D eigenvalue weighted by Gasteiger charge is 2.03. The van der Waals surface area contributed by atoms with Gasteiger partial charge < -0.3 is 0 Å². The van der Waals surface area contributed by atoms with Gasteiger partial charge in [-0.05, 0) is 34.9 Å². The Labute approximate surface area is 128 Å². The first-order valence-electron chi connectivity index (χ1n) is 7.24. The molecule has 4 aromatic rings. The van der Waals surface area contributed by atoms with E-state index in [1.165, 1.54) is 16.7 Å². The number of hydrogen-bond donors (Lipinski definition) is 0. The third-order valence-electron chi connectivity index (χ3n) is 3.86. The fourth-order valence-electron chi connectivity index (χ4n) is 2.68. The van der Waals surface area contributed by atoms with Gasteiger partial charge >= 0.3 is 0 Å². The van der Waals surface area contributed by atoms with Crippen molar-refractivity contribution in [3.8, 4) is 22.3 Å². The molecule has 0 saturated carbocycles. The number of rotatable bonds is 2. The number of nitrogens with zero attached hydrogens (tertiary/aromatic N) is 3. The molecule has 0 saturated heterocycles. The van der Waals surface area contributed by atoms with E-state index in [2.05, 4.69) is 58.6 Å². The van der Waals surface area contributed by atoms with Gasteiger partial charge in [-0.1, -0.05) is 36.4 Å². The van der Waals surface area contributed by atoms with Crippen LogP contribution in [0.1, 0.15) is 0 Å². The molecule has 4 rings (SSSR count). The van der Waals surface area contributed by atoms with Crippen molar-refractivity contribution in [1.82, 2.24) is 14.8 Å². The second-order valence-electron chi connectivity index (χ2n) is 5.39. The molecule has 3 heteroatoms. The fraction of sp³-hybridized carbons (Fsp3) is 0.0526. The summed E-state index contributed by atoms with van der Waals surface area (Å²) in [5, 5.41) is 5.38. The minimum Gasteiger partial charge on any atom is -0.275 e. The molecule has 2 heterocycles. The molecule has 0 N–H and O–H groups in total. The Morgan fingerprint density at radius 2 is 1.55 bits per heavy atom. The summed E-state index contributed by atoms with van der Waals surface area (Å²) in [6.07, 6.45) is 5.73. The maximum atomic E-state index is 4.36. The van der Waals surface area contributed by atoms with Gasteiger partial charge in [-0.15, -0.1) is 0 Å². The van der Waals surface area contributed by atoms with Gasteiger partial charge in [0.2, 0.25) is 0 Å². The first-order valence-corrected chi connectivity index (χ1v) is 7.24. The van der Waals surface area contributed by atoms with E-state index in [4.69, 9.17) is 0 Å². The Hall–Kier alpha value is -2.94. The summed E-state index contributed by atoms with van der Waals surface area (Å²) in [7, 11) is 1.93. The molecule has 0 bridgehead atoms. The second-order valence-corrected chi connectivity index (χ2v) is 5.39. The van der Waals surface area contributed by atoms with E-state index < -0.39 is 0 Å². The molecule has 0 atom stereocenters. The number of fused-ring (bicyclic) bond motifs is 1. The van der Waals surface area contributed by atoms with Gasteiger partial charge in [0, 0.05) is 30.4 Å². The summed E-state index contributed by atoms with van der Waals surface area (Å²) in [4.78, 5) is 4.36. The van der Waals surface area contributed by atoms with E-state index in [1.54, 1.807) is 0 Å². The van der Waals surface area contributed by atoms with Gasteiger partial charge in [0.05, 0.1) is 11.7 Å². The van der Waals surface area contributed by atoms with E-state index in [9.17, 15) is 0 Å². The van der Waals surface area contributed by atoms with E-state index in [0.29, 0.717) is 0 Å². The van der Waals surface area contributed by atoms with Crippen molar-refractivity contribution in [3.05, 3.63) is 73.2 Å². The van der Waals surface area contributed by atoms with Gasteiger partial charge in [0.1, 0.15) is 0 Å². The molecule has 0 aliphatic carbocycles. The van der Waals surface area contributed by atoms with Crippen molar-refractivity contribution >= 4 is 10.9 Å². The predicted molar refractivity (Wildman–Crippen MR) is 89.4 cm³/mol. The largest absolute Gasteiger partial charge is 0.275 e. The van der Waals surface area contributed by atoms with E-state index >= 15 is 0 Å². The monoisotopic (exact) mass is 285 g/mol. The van der Waals surface area contributed by atoms with Gasteiger partial charge in [-0.2, -0.15) is 5.10 Å². The molecule has 0 fully saturated rings. The molecular formula is C19H15N3. The number of aromatic nitrogens is 3. The molecular weight excluding hydrogens is 270 g/mol. The normalized spacial score (nSPS) is 11.0. The minimum atomic E-state index is 1.03. The molecule has 106 valence electrons. The lowest BCUT2D eigenvalue weighted by molar-refractivity contribution is 0.768. The summed E-state index contributed by atoms with van der Waals surface area (Å²) in [5.41, 5.74) is 5.76. The lowest BCUT2D eigenvalue weighted by atomic mass is 10.0. The minimum absolute atomic E-state index is 1.03. The molecule has 3 nitrogen and oxygen atoms in total. The third kappa shape index (κ3) is 2.27. The highest BCUT2D eigenvalue weighted by molar-refractivity contribution is 5.84. The predicted octanol–water partition coefficient (Wildman–Crippen LogP) is 4.30. The van der Waals surface area contributed by atoms with Crippen LogP contribution < -0.4 is 0 Å². The first-order chi connectivity index (χ1) is 10.8. The Morgan fingerprint density at radius 1 is 0.818 bits per heavy atom. The van der Waals surface area contributed by atoms with Crippen LogP contribution in [0.4, 0.5) is 0 Å². The van der Waals surface area contributed by atoms with Crippen LogP contribution >= 0.6 is 0 Å². The molecule has 2 aromatic heterocycles. The van der Waals surface area contributed by atoms with Crippen molar-refractivity contribution in [1.29, 1.82) is 0 Å². The smallest absolute Gasteiger partial charge is 0.0702 e. The molecule has 0 amide bonds. The van der Waals surface area contributed by atoms with Crippen molar-refractivity contribution in [2.24, 2.45) is 7.05 Å². The van der Waals surface area contributed by atoms with E-state index in [0.717, 1.165) is 16.5 Å². The van der Waals surface area contributed by atoms with E-state index in [-0.39, 0.29) is 0 Å². The van der Waals surface area contributed by atoms with Crippen molar-refractivity contribution < 1.29 is 0 Å². The summed E-state index contributed by atoms with van der Waals surface area (Å²) in [6.45, 7) is 0. The quantitative estimate of drug-likeness (QED) is 0.549. The number of pyridine rings is 1. The van der Waals surface area contributed by atoms with Gasteiger partial charge in [-0.3, -0.25) is 9.67 Å². The topological polar surface area (TPSA) is 30.7 Å². The second kappa shape index (κ2) is 5.11. The molecule has 0 unspecified atom stereocenters. The zero-order chi connectivity index (χ0) is 14.9. The van der Waals surface area contributed by atoms with Crippen LogP contribution in [0, 0.1) is 0 Å². The molecule has 0 aliphatic heterocycles. The Morgan fingerprint density at radius 3 is 2.27 bits per heavy atom. The van der Waals surface area contributed by atoms with Crippen molar-refractivity contribution in [2.45, 2.75) is 0 Å². The average Bonchev–Trinajstić information content (AvgIpc) is 3.01. The lowest BCUT2D eigenvalue weighted by Gasteiger charge is -2.05. The Bertz CT molecular complexity index is 936. The van der Waals surface area contributed by atoms with Gasteiger partial charge in [0.15, 0.2) is 0 Å². The van der Waals surface area contributed by atoms with Gasteiger partial charge in [0.25, 0.3) is 0 Å². The standard InChI is InChI=1S/C19H15N3/c1-22-13-18(12-21-22)15-6-4-14(5-7-15)16-8-9-19-17(11-16)3-2-10-20-19/h2-13H,1H3.